The highest BCUT2D eigenvalue weighted by molar-refractivity contribution is 6.33. The average molecular weight is 259 g/mol. The molecule has 1 atom stereocenters. The molecule has 1 heterocycles. The minimum absolute atomic E-state index is 0.121. The van der Waals surface area contributed by atoms with Crippen LogP contribution in [-0.2, 0) is 9.53 Å². The fourth-order valence-corrected chi connectivity index (χ4v) is 1.34. The Morgan fingerprint density at radius 1 is 1.65 bits per heavy atom. The van der Waals surface area contributed by atoms with Gasteiger partial charge in [-0.3, -0.25) is 9.78 Å². The Hall–Kier alpha value is -1.66. The second kappa shape index (κ2) is 6.17. The summed E-state index contributed by atoms with van der Waals surface area (Å²) >= 11 is 5.76. The summed E-state index contributed by atoms with van der Waals surface area (Å²) in [7, 11) is 1.35. The third kappa shape index (κ3) is 3.69. The lowest BCUT2D eigenvalue weighted by Gasteiger charge is -2.13. The first-order valence-electron chi connectivity index (χ1n) is 4.68. The van der Waals surface area contributed by atoms with Crippen molar-refractivity contribution in [1.82, 2.24) is 10.3 Å². The van der Waals surface area contributed by atoms with Crippen LogP contribution < -0.4 is 5.32 Å². The number of aromatic nitrogens is 1. The molecule has 0 aliphatic rings. The number of hydrogen-bond acceptors (Lipinski definition) is 4. The molecule has 1 unspecified atom stereocenters. The Morgan fingerprint density at radius 3 is 2.88 bits per heavy atom. The summed E-state index contributed by atoms with van der Waals surface area (Å²) in [6.45, 7) is -0.121. The van der Waals surface area contributed by atoms with E-state index >= 15 is 0 Å². The Labute approximate surface area is 103 Å². The van der Waals surface area contributed by atoms with E-state index in [4.69, 9.17) is 21.4 Å². The van der Waals surface area contributed by atoms with Crippen molar-refractivity contribution in [2.75, 3.05) is 13.7 Å². The summed E-state index contributed by atoms with van der Waals surface area (Å²) in [4.78, 5) is 26.2. The fourth-order valence-electron chi connectivity index (χ4n) is 1.14. The molecule has 0 fully saturated rings. The van der Waals surface area contributed by atoms with Crippen LogP contribution in [0.3, 0.4) is 0 Å². The van der Waals surface area contributed by atoms with E-state index in [1.165, 1.54) is 25.6 Å². The van der Waals surface area contributed by atoms with Crippen LogP contribution in [0.2, 0.25) is 5.02 Å². The largest absolute Gasteiger partial charge is 0.480 e. The third-order valence-electron chi connectivity index (χ3n) is 1.95. The van der Waals surface area contributed by atoms with Crippen molar-refractivity contribution in [2.45, 2.75) is 6.04 Å². The predicted octanol–water partition coefficient (Wildman–Crippen LogP) is 0.564. The van der Waals surface area contributed by atoms with Crippen LogP contribution in [0.4, 0.5) is 0 Å². The number of nitrogens with zero attached hydrogens (tertiary/aromatic N) is 1. The van der Waals surface area contributed by atoms with E-state index < -0.39 is 17.9 Å². The zero-order valence-electron chi connectivity index (χ0n) is 9.01. The number of carboxylic acid groups (broad SMARTS) is 1. The summed E-state index contributed by atoms with van der Waals surface area (Å²) in [6.07, 6.45) is 2.70. The molecule has 6 nitrogen and oxygen atoms in total. The van der Waals surface area contributed by atoms with E-state index in [1.807, 2.05) is 0 Å². The molecule has 92 valence electrons. The zero-order valence-corrected chi connectivity index (χ0v) is 9.77. The normalized spacial score (nSPS) is 11.9. The molecule has 0 bridgehead atoms. The molecule has 1 aromatic rings. The number of pyridine rings is 1. The van der Waals surface area contributed by atoms with Gasteiger partial charge in [-0.2, -0.15) is 0 Å². The number of amides is 1. The van der Waals surface area contributed by atoms with Gasteiger partial charge in [-0.05, 0) is 6.07 Å². The Kier molecular flexibility index (Phi) is 4.86. The molecule has 0 aliphatic carbocycles. The summed E-state index contributed by atoms with van der Waals surface area (Å²) in [5.74, 6) is -1.76. The van der Waals surface area contributed by atoms with Crippen LogP contribution in [0.5, 0.6) is 0 Å². The quantitative estimate of drug-likeness (QED) is 0.806. The zero-order chi connectivity index (χ0) is 12.8. The van der Waals surface area contributed by atoms with Gasteiger partial charge in [-0.1, -0.05) is 11.6 Å². The molecule has 17 heavy (non-hydrogen) atoms. The van der Waals surface area contributed by atoms with Crippen LogP contribution in [0.15, 0.2) is 18.5 Å². The summed E-state index contributed by atoms with van der Waals surface area (Å²) in [5.41, 5.74) is 0.170. The first kappa shape index (κ1) is 13.4. The number of methoxy groups -OCH3 is 1. The molecule has 1 amide bonds. The second-order valence-electron chi connectivity index (χ2n) is 3.18. The first-order chi connectivity index (χ1) is 8.06. The maximum absolute atomic E-state index is 11.7. The molecule has 1 aromatic heterocycles. The SMILES string of the molecule is COCC(NC(=O)c1ccncc1Cl)C(=O)O. The van der Waals surface area contributed by atoms with Gasteiger partial charge in [0, 0.05) is 19.5 Å². The molecule has 0 aromatic carbocycles. The summed E-state index contributed by atoms with van der Waals surface area (Å²) in [6, 6.07) is 0.292. The van der Waals surface area contributed by atoms with E-state index in [0.29, 0.717) is 0 Å². The lowest BCUT2D eigenvalue weighted by molar-refractivity contribution is -0.140. The van der Waals surface area contributed by atoms with Crippen molar-refractivity contribution in [1.29, 1.82) is 0 Å². The van der Waals surface area contributed by atoms with Gasteiger partial charge in [0.05, 0.1) is 17.2 Å². The van der Waals surface area contributed by atoms with Gasteiger partial charge >= 0.3 is 5.97 Å². The molecule has 0 aliphatic heterocycles. The number of halogens is 1. The number of carbonyl (C=O) groups is 2. The maximum atomic E-state index is 11.7. The topological polar surface area (TPSA) is 88.5 Å². The lowest BCUT2D eigenvalue weighted by atomic mass is 10.2. The van der Waals surface area contributed by atoms with Crippen LogP contribution in [-0.4, -0.2) is 41.7 Å². The first-order valence-corrected chi connectivity index (χ1v) is 5.06. The van der Waals surface area contributed by atoms with Crippen molar-refractivity contribution in [3.8, 4) is 0 Å². The van der Waals surface area contributed by atoms with Gasteiger partial charge in [0.1, 0.15) is 0 Å². The highest BCUT2D eigenvalue weighted by Crippen LogP contribution is 2.13. The van der Waals surface area contributed by atoms with Crippen molar-refractivity contribution in [3.63, 3.8) is 0 Å². The van der Waals surface area contributed by atoms with Gasteiger partial charge in [-0.25, -0.2) is 4.79 Å². The van der Waals surface area contributed by atoms with Gasteiger partial charge in [0.15, 0.2) is 6.04 Å². The summed E-state index contributed by atoms with van der Waals surface area (Å²) in [5, 5.41) is 11.3. The monoisotopic (exact) mass is 258 g/mol. The molecule has 7 heteroatoms. The van der Waals surface area contributed by atoms with Crippen LogP contribution in [0, 0.1) is 0 Å². The van der Waals surface area contributed by atoms with Crippen LogP contribution in [0.25, 0.3) is 0 Å². The standard InChI is InChI=1S/C10H11ClN2O4/c1-17-5-8(10(15)16)13-9(14)6-2-3-12-4-7(6)11/h2-4,8H,5H2,1H3,(H,13,14)(H,15,16). The Morgan fingerprint density at radius 2 is 2.35 bits per heavy atom. The smallest absolute Gasteiger partial charge is 0.328 e. The van der Waals surface area contributed by atoms with Crippen molar-refractivity contribution >= 4 is 23.5 Å². The van der Waals surface area contributed by atoms with Crippen molar-refractivity contribution in [3.05, 3.63) is 29.0 Å². The van der Waals surface area contributed by atoms with Crippen LogP contribution in [0.1, 0.15) is 10.4 Å². The van der Waals surface area contributed by atoms with E-state index in [0.717, 1.165) is 0 Å². The molecule has 2 N–H and O–H groups in total. The Bertz CT molecular complexity index is 425. The number of carboxylic acids is 1. The van der Waals surface area contributed by atoms with Crippen molar-refractivity contribution < 1.29 is 19.4 Å². The van der Waals surface area contributed by atoms with E-state index in [9.17, 15) is 9.59 Å². The molecular weight excluding hydrogens is 248 g/mol. The number of rotatable bonds is 5. The third-order valence-corrected chi connectivity index (χ3v) is 2.26. The van der Waals surface area contributed by atoms with E-state index in [2.05, 4.69) is 10.3 Å². The van der Waals surface area contributed by atoms with E-state index in [1.54, 1.807) is 0 Å². The van der Waals surface area contributed by atoms with Crippen molar-refractivity contribution in [2.24, 2.45) is 0 Å². The number of carbonyl (C=O) groups excluding carboxylic acids is 1. The lowest BCUT2D eigenvalue weighted by Crippen LogP contribution is -2.43. The highest BCUT2D eigenvalue weighted by atomic mass is 35.5. The van der Waals surface area contributed by atoms with Gasteiger partial charge < -0.3 is 15.2 Å². The molecule has 0 saturated heterocycles. The number of hydrogen-bond donors (Lipinski definition) is 2. The summed E-state index contributed by atoms with van der Waals surface area (Å²) < 4.78 is 4.69. The highest BCUT2D eigenvalue weighted by Gasteiger charge is 2.21. The molecule has 1 rings (SSSR count). The predicted molar refractivity (Wildman–Crippen MR) is 60.0 cm³/mol. The molecule has 0 spiro atoms. The molecule has 0 saturated carbocycles. The maximum Gasteiger partial charge on any atom is 0.328 e. The molecule has 0 radical (unpaired) electrons. The van der Waals surface area contributed by atoms with Gasteiger partial charge in [0.25, 0.3) is 5.91 Å². The number of aliphatic carboxylic acids is 1. The average Bonchev–Trinajstić information content (AvgIpc) is 2.28. The minimum Gasteiger partial charge on any atom is -0.480 e. The van der Waals surface area contributed by atoms with Gasteiger partial charge in [0.2, 0.25) is 0 Å². The second-order valence-corrected chi connectivity index (χ2v) is 3.58. The number of nitrogens with one attached hydrogen (secondary N) is 1. The van der Waals surface area contributed by atoms with Crippen LogP contribution >= 0.6 is 11.6 Å². The Balaban J connectivity index is 2.77. The fraction of sp³-hybridized carbons (Fsp3) is 0.300. The molecular formula is C10H11ClN2O4. The minimum atomic E-state index is -1.18. The van der Waals surface area contributed by atoms with Gasteiger partial charge in [-0.15, -0.1) is 0 Å². The number of ether oxygens (including phenoxy) is 1. The van der Waals surface area contributed by atoms with E-state index in [-0.39, 0.29) is 17.2 Å².